The topological polar surface area (TPSA) is 92.8 Å². The van der Waals surface area contributed by atoms with E-state index in [2.05, 4.69) is 15.5 Å². The number of anilines is 2. The van der Waals surface area contributed by atoms with Crippen LogP contribution >= 0.6 is 0 Å². The summed E-state index contributed by atoms with van der Waals surface area (Å²) >= 11 is 0. The zero-order chi connectivity index (χ0) is 26.9. The van der Waals surface area contributed by atoms with Gasteiger partial charge >= 0.3 is 0 Å². The number of carbonyl (C=O) groups excluding carboxylic acids is 2. The van der Waals surface area contributed by atoms with Crippen molar-refractivity contribution in [1.29, 1.82) is 0 Å². The van der Waals surface area contributed by atoms with Gasteiger partial charge in [-0.05, 0) is 87.1 Å². The van der Waals surface area contributed by atoms with Gasteiger partial charge in [0.25, 0.3) is 11.8 Å². The highest BCUT2D eigenvalue weighted by Gasteiger charge is 2.20. The maximum atomic E-state index is 14.6. The molecule has 1 unspecified atom stereocenters. The molecule has 39 heavy (non-hydrogen) atoms. The molecule has 0 spiro atoms. The molecule has 2 amide bonds. The molecule has 0 bridgehead atoms. The van der Waals surface area contributed by atoms with Gasteiger partial charge in [-0.3, -0.25) is 19.5 Å². The molecule has 1 fully saturated rings. The predicted octanol–water partition coefficient (Wildman–Crippen LogP) is 5.24. The number of nitrogens with one attached hydrogen (secondary N) is 2. The molecule has 6 rings (SSSR count). The highest BCUT2D eigenvalue weighted by Crippen LogP contribution is 2.33. The average Bonchev–Trinajstić information content (AvgIpc) is 2.91. The summed E-state index contributed by atoms with van der Waals surface area (Å²) in [6.45, 7) is 5.33. The summed E-state index contributed by atoms with van der Waals surface area (Å²) in [6, 6.07) is 18.0. The zero-order valence-electron chi connectivity index (χ0n) is 21.4. The first-order valence-corrected chi connectivity index (χ1v) is 12.9. The first-order valence-electron chi connectivity index (χ1n) is 12.9. The molecule has 198 valence electrons. The van der Waals surface area contributed by atoms with E-state index in [9.17, 15) is 14.0 Å². The number of halogens is 1. The van der Waals surface area contributed by atoms with Crippen LogP contribution in [0.15, 0.2) is 66.7 Å². The van der Waals surface area contributed by atoms with Gasteiger partial charge in [0.05, 0.1) is 16.9 Å². The lowest BCUT2D eigenvalue weighted by molar-refractivity contribution is 0.0998. The van der Waals surface area contributed by atoms with Crippen molar-refractivity contribution in [1.82, 2.24) is 9.88 Å². The molecular formula is C30H27FN4O4. The lowest BCUT2D eigenvalue weighted by Crippen LogP contribution is -2.36. The monoisotopic (exact) mass is 526 g/mol. The normalized spacial score (nSPS) is 16.4. The minimum absolute atomic E-state index is 0.0445. The summed E-state index contributed by atoms with van der Waals surface area (Å²) in [7, 11) is 0. The fraction of sp³-hybridized carbons (Fsp3) is 0.233. The van der Waals surface area contributed by atoms with Crippen LogP contribution in [0.3, 0.4) is 0 Å². The van der Waals surface area contributed by atoms with E-state index in [0.717, 1.165) is 36.2 Å². The van der Waals surface area contributed by atoms with Gasteiger partial charge in [-0.1, -0.05) is 6.07 Å². The van der Waals surface area contributed by atoms with Crippen molar-refractivity contribution in [3.63, 3.8) is 0 Å². The first-order chi connectivity index (χ1) is 18.9. The Bertz CT molecular complexity index is 1590. The van der Waals surface area contributed by atoms with E-state index in [-0.39, 0.29) is 11.8 Å². The lowest BCUT2D eigenvalue weighted by atomic mass is 10.1. The quantitative estimate of drug-likeness (QED) is 0.357. The van der Waals surface area contributed by atoms with Crippen molar-refractivity contribution < 1.29 is 23.5 Å². The van der Waals surface area contributed by atoms with Crippen LogP contribution in [0, 0.1) is 5.82 Å². The van der Waals surface area contributed by atoms with Crippen molar-refractivity contribution in [2.75, 3.05) is 30.3 Å². The largest absolute Gasteiger partial charge is 0.486 e. The molecule has 0 saturated carbocycles. The molecule has 9 heteroatoms. The predicted molar refractivity (Wildman–Crippen MR) is 146 cm³/mol. The number of aromatic nitrogens is 1. The van der Waals surface area contributed by atoms with Crippen LogP contribution in [-0.2, 0) is 6.54 Å². The molecule has 1 atom stereocenters. The third-order valence-electron chi connectivity index (χ3n) is 6.82. The van der Waals surface area contributed by atoms with E-state index in [0.29, 0.717) is 34.9 Å². The number of hydrogen-bond donors (Lipinski definition) is 2. The third-order valence-corrected chi connectivity index (χ3v) is 6.82. The smallest absolute Gasteiger partial charge is 0.255 e. The fourth-order valence-electron chi connectivity index (χ4n) is 4.58. The minimum atomic E-state index is -0.618. The van der Waals surface area contributed by atoms with Crippen LogP contribution in [0.4, 0.5) is 15.8 Å². The molecule has 1 saturated heterocycles. The molecule has 2 aliphatic rings. The van der Waals surface area contributed by atoms with E-state index in [1.54, 1.807) is 36.4 Å². The number of fused-ring (bicyclic) bond motifs is 2. The number of hydrogen-bond acceptors (Lipinski definition) is 6. The Morgan fingerprint density at radius 3 is 2.56 bits per heavy atom. The number of carbonyl (C=O) groups is 2. The SMILES string of the molecule is CC1COc2ccc(C(=O)Nc3ccc(F)c(NC(=O)c4ccc5nc(CN6CCC6)ccc5c4)c3)cc2O1. The van der Waals surface area contributed by atoms with Gasteiger partial charge in [-0.2, -0.15) is 0 Å². The maximum Gasteiger partial charge on any atom is 0.255 e. The van der Waals surface area contributed by atoms with Crippen LogP contribution in [0.1, 0.15) is 39.8 Å². The van der Waals surface area contributed by atoms with Crippen molar-refractivity contribution in [2.45, 2.75) is 26.0 Å². The summed E-state index contributed by atoms with van der Waals surface area (Å²) in [5.74, 6) is -0.420. The summed E-state index contributed by atoms with van der Waals surface area (Å²) < 4.78 is 25.9. The second-order valence-electron chi connectivity index (χ2n) is 9.84. The molecule has 4 aromatic rings. The van der Waals surface area contributed by atoms with Crippen molar-refractivity contribution in [2.24, 2.45) is 0 Å². The third kappa shape index (κ3) is 5.39. The van der Waals surface area contributed by atoms with Crippen molar-refractivity contribution >= 4 is 34.1 Å². The van der Waals surface area contributed by atoms with Gasteiger partial charge in [-0.25, -0.2) is 4.39 Å². The highest BCUT2D eigenvalue weighted by molar-refractivity contribution is 6.07. The van der Waals surface area contributed by atoms with E-state index in [4.69, 9.17) is 14.5 Å². The van der Waals surface area contributed by atoms with Gasteiger partial charge in [0, 0.05) is 28.7 Å². The van der Waals surface area contributed by atoms with E-state index < -0.39 is 17.6 Å². The van der Waals surface area contributed by atoms with Crippen LogP contribution in [0.2, 0.25) is 0 Å². The van der Waals surface area contributed by atoms with Crippen molar-refractivity contribution in [3.8, 4) is 11.5 Å². The second-order valence-corrected chi connectivity index (χ2v) is 9.84. The molecule has 8 nitrogen and oxygen atoms in total. The average molecular weight is 527 g/mol. The lowest BCUT2D eigenvalue weighted by Gasteiger charge is -2.30. The molecule has 0 aliphatic carbocycles. The summed E-state index contributed by atoms with van der Waals surface area (Å²) in [4.78, 5) is 32.9. The van der Waals surface area contributed by atoms with Gasteiger partial charge in [0.2, 0.25) is 0 Å². The van der Waals surface area contributed by atoms with Gasteiger partial charge in [-0.15, -0.1) is 0 Å². The number of benzene rings is 3. The summed E-state index contributed by atoms with van der Waals surface area (Å²) in [6.07, 6.45) is 1.10. The number of ether oxygens (including phenoxy) is 2. The van der Waals surface area contributed by atoms with E-state index in [1.807, 2.05) is 19.1 Å². The number of amides is 2. The van der Waals surface area contributed by atoms with Gasteiger partial charge < -0.3 is 20.1 Å². The molecule has 1 aromatic heterocycles. The maximum absolute atomic E-state index is 14.6. The Balaban J connectivity index is 1.15. The molecule has 0 radical (unpaired) electrons. The molecule has 3 aromatic carbocycles. The Kier molecular flexibility index (Phi) is 6.58. The molecular weight excluding hydrogens is 499 g/mol. The number of nitrogens with zero attached hydrogens (tertiary/aromatic N) is 2. The van der Waals surface area contributed by atoms with Gasteiger partial charge in [0.15, 0.2) is 11.5 Å². The number of rotatable bonds is 6. The zero-order valence-corrected chi connectivity index (χ0v) is 21.4. The van der Waals surface area contributed by atoms with E-state index in [1.165, 1.54) is 24.6 Å². The molecule has 2 aliphatic heterocycles. The van der Waals surface area contributed by atoms with Crippen LogP contribution in [0.25, 0.3) is 10.9 Å². The molecule has 3 heterocycles. The Morgan fingerprint density at radius 2 is 1.74 bits per heavy atom. The number of pyridine rings is 1. The highest BCUT2D eigenvalue weighted by atomic mass is 19.1. The Labute approximate surface area is 224 Å². The minimum Gasteiger partial charge on any atom is -0.486 e. The Hall–Kier alpha value is -4.50. The van der Waals surface area contributed by atoms with Crippen LogP contribution in [0.5, 0.6) is 11.5 Å². The summed E-state index contributed by atoms with van der Waals surface area (Å²) in [5, 5.41) is 6.18. The Morgan fingerprint density at radius 1 is 0.949 bits per heavy atom. The standard InChI is InChI=1S/C30H27FN4O4/c1-18-17-38-27-10-5-21(14-28(27)39-18)29(36)33-22-7-8-24(31)26(15-22)34-30(37)20-4-9-25-19(13-20)3-6-23(32-25)16-35-11-2-12-35/h3-10,13-15,18H,2,11-12,16-17H2,1H3,(H,33,36)(H,34,37). The van der Waals surface area contributed by atoms with Crippen LogP contribution < -0.4 is 20.1 Å². The number of likely N-dealkylation sites (tertiary alicyclic amines) is 1. The van der Waals surface area contributed by atoms with Crippen molar-refractivity contribution in [3.05, 3.63) is 89.4 Å². The van der Waals surface area contributed by atoms with Gasteiger partial charge in [0.1, 0.15) is 18.5 Å². The first kappa shape index (κ1) is 24.8. The summed E-state index contributed by atoms with van der Waals surface area (Å²) in [5.41, 5.74) is 2.81. The molecule has 2 N–H and O–H groups in total. The fourth-order valence-corrected chi connectivity index (χ4v) is 4.58. The van der Waals surface area contributed by atoms with E-state index >= 15 is 0 Å². The van der Waals surface area contributed by atoms with Crippen LogP contribution in [-0.4, -0.2) is 47.5 Å². The second kappa shape index (κ2) is 10.3.